The highest BCUT2D eigenvalue weighted by molar-refractivity contribution is 8.27. The lowest BCUT2D eigenvalue weighted by molar-refractivity contribution is -0.145. The van der Waals surface area contributed by atoms with Crippen molar-refractivity contribution in [3.8, 4) is 5.75 Å². The van der Waals surface area contributed by atoms with Gasteiger partial charge >= 0.3 is 5.97 Å². The van der Waals surface area contributed by atoms with Crippen LogP contribution < -0.4 is 9.64 Å². The zero-order valence-electron chi connectivity index (χ0n) is 16.3. The molecule has 2 aromatic rings. The van der Waals surface area contributed by atoms with Crippen molar-refractivity contribution < 1.29 is 19.4 Å². The van der Waals surface area contributed by atoms with Gasteiger partial charge in [-0.25, -0.2) is 4.79 Å². The summed E-state index contributed by atoms with van der Waals surface area (Å²) < 4.78 is 6.03. The number of carbonyl (C=O) groups is 2. The summed E-state index contributed by atoms with van der Waals surface area (Å²) in [4.78, 5) is 26.3. The van der Waals surface area contributed by atoms with E-state index >= 15 is 0 Å². The molecule has 0 saturated carbocycles. The van der Waals surface area contributed by atoms with Crippen LogP contribution >= 0.6 is 24.0 Å². The van der Waals surface area contributed by atoms with Crippen LogP contribution in [0.2, 0.25) is 0 Å². The molecular weight excluding hydrogens is 406 g/mol. The van der Waals surface area contributed by atoms with Gasteiger partial charge < -0.3 is 9.84 Å². The van der Waals surface area contributed by atoms with Gasteiger partial charge in [-0.15, -0.1) is 0 Å². The quantitative estimate of drug-likeness (QED) is 0.520. The lowest BCUT2D eigenvalue weighted by atomic mass is 10.1. The van der Waals surface area contributed by atoms with Gasteiger partial charge in [0.25, 0.3) is 5.91 Å². The molecule has 1 amide bonds. The summed E-state index contributed by atoms with van der Waals surface area (Å²) >= 11 is 6.71. The van der Waals surface area contributed by atoms with E-state index in [9.17, 15) is 14.7 Å². The van der Waals surface area contributed by atoms with Crippen LogP contribution in [0.25, 0.3) is 6.08 Å². The van der Waals surface area contributed by atoms with E-state index in [1.165, 1.54) is 11.8 Å². The average Bonchev–Trinajstić information content (AvgIpc) is 2.95. The van der Waals surface area contributed by atoms with Crippen LogP contribution in [0, 0.1) is 13.8 Å². The molecule has 0 radical (unpaired) electrons. The number of hydrogen-bond acceptors (Lipinski definition) is 5. The van der Waals surface area contributed by atoms with Crippen LogP contribution in [0.3, 0.4) is 0 Å². The number of thioether (sulfide) groups is 1. The van der Waals surface area contributed by atoms with Gasteiger partial charge in [-0.2, -0.15) is 0 Å². The Hall–Kier alpha value is -2.64. The van der Waals surface area contributed by atoms with Crippen molar-refractivity contribution in [1.29, 1.82) is 0 Å². The van der Waals surface area contributed by atoms with Gasteiger partial charge in [0.15, 0.2) is 10.4 Å². The first-order valence-corrected chi connectivity index (χ1v) is 10.4. The molecule has 1 heterocycles. The van der Waals surface area contributed by atoms with Gasteiger partial charge in [0, 0.05) is 0 Å². The van der Waals surface area contributed by atoms with Gasteiger partial charge in [-0.3, -0.25) is 9.69 Å². The Labute approximate surface area is 179 Å². The number of nitrogens with zero attached hydrogens (tertiary/aromatic N) is 1. The summed E-state index contributed by atoms with van der Waals surface area (Å²) in [7, 11) is 0. The molecule has 1 saturated heterocycles. The molecule has 5 nitrogen and oxygen atoms in total. The van der Waals surface area contributed by atoms with Crippen LogP contribution in [0.4, 0.5) is 5.69 Å². The third-order valence-corrected chi connectivity index (χ3v) is 5.99. The first-order valence-electron chi connectivity index (χ1n) is 9.15. The van der Waals surface area contributed by atoms with Crippen molar-refractivity contribution >= 4 is 51.9 Å². The number of carbonyl (C=O) groups excluding carboxylic acids is 1. The second-order valence-corrected chi connectivity index (χ2v) is 8.34. The summed E-state index contributed by atoms with van der Waals surface area (Å²) in [6.07, 6.45) is 1.19. The van der Waals surface area contributed by atoms with E-state index in [1.807, 2.05) is 38.1 Å². The number of anilines is 1. The molecule has 0 aromatic heterocycles. The molecule has 29 heavy (non-hydrogen) atoms. The highest BCUT2D eigenvalue weighted by Gasteiger charge is 2.34. The normalized spacial score (nSPS) is 16.4. The fourth-order valence-corrected chi connectivity index (χ4v) is 4.24. The molecule has 1 N–H and O–H groups in total. The van der Waals surface area contributed by atoms with Crippen molar-refractivity contribution in [2.24, 2.45) is 0 Å². The monoisotopic (exact) mass is 427 g/mol. The largest absolute Gasteiger partial charge is 0.479 e. The molecule has 0 aliphatic carbocycles. The zero-order valence-corrected chi connectivity index (χ0v) is 18.0. The van der Waals surface area contributed by atoms with Crippen LogP contribution in [-0.2, 0) is 9.59 Å². The summed E-state index contributed by atoms with van der Waals surface area (Å²) in [5.74, 6) is -0.734. The van der Waals surface area contributed by atoms with Crippen molar-refractivity contribution in [2.45, 2.75) is 33.3 Å². The van der Waals surface area contributed by atoms with Crippen LogP contribution in [-0.4, -0.2) is 27.4 Å². The highest BCUT2D eigenvalue weighted by atomic mass is 32.2. The summed E-state index contributed by atoms with van der Waals surface area (Å²) in [6.45, 7) is 5.72. The van der Waals surface area contributed by atoms with E-state index in [0.29, 0.717) is 21.4 Å². The number of carboxylic acids is 1. The molecule has 1 aliphatic rings. The molecule has 0 bridgehead atoms. The summed E-state index contributed by atoms with van der Waals surface area (Å²) in [6, 6.07) is 12.8. The number of aliphatic carboxylic acids is 1. The minimum atomic E-state index is -1.01. The summed E-state index contributed by atoms with van der Waals surface area (Å²) in [5.41, 5.74) is 3.64. The maximum atomic E-state index is 13.0. The number of thiocarbonyl (C=S) groups is 1. The molecule has 150 valence electrons. The Morgan fingerprint density at radius 3 is 2.69 bits per heavy atom. The predicted octanol–water partition coefficient (Wildman–Crippen LogP) is 4.95. The number of rotatable bonds is 6. The minimum absolute atomic E-state index is 0.169. The minimum Gasteiger partial charge on any atom is -0.479 e. The molecule has 1 fully saturated rings. The SMILES string of the molecule is CCC(Oc1cccc(/C=C2/SC(=S)N(c3cccc(C)c3C)C2=O)c1)C(=O)O. The van der Waals surface area contributed by atoms with E-state index in [0.717, 1.165) is 22.4 Å². The number of aryl methyl sites for hydroxylation is 1. The first kappa shape index (κ1) is 21.1. The van der Waals surface area contributed by atoms with Gasteiger partial charge in [0.05, 0.1) is 10.6 Å². The van der Waals surface area contributed by atoms with E-state index in [2.05, 4.69) is 0 Å². The molecule has 1 aliphatic heterocycles. The van der Waals surface area contributed by atoms with Crippen molar-refractivity contribution in [1.82, 2.24) is 0 Å². The second-order valence-electron chi connectivity index (χ2n) is 6.66. The van der Waals surface area contributed by atoms with Crippen molar-refractivity contribution in [3.05, 3.63) is 64.1 Å². The Morgan fingerprint density at radius 1 is 1.28 bits per heavy atom. The van der Waals surface area contributed by atoms with E-state index < -0.39 is 12.1 Å². The Kier molecular flexibility index (Phi) is 6.39. The fraction of sp³-hybridized carbons (Fsp3) is 0.227. The zero-order chi connectivity index (χ0) is 21.1. The predicted molar refractivity (Wildman–Crippen MR) is 120 cm³/mol. The Morgan fingerprint density at radius 2 is 2.00 bits per heavy atom. The number of ether oxygens (including phenoxy) is 1. The maximum absolute atomic E-state index is 13.0. The Balaban J connectivity index is 1.87. The number of carboxylic acid groups (broad SMARTS) is 1. The van der Waals surface area contributed by atoms with Crippen LogP contribution in [0.15, 0.2) is 47.4 Å². The van der Waals surface area contributed by atoms with E-state index in [1.54, 1.807) is 36.1 Å². The van der Waals surface area contributed by atoms with Gasteiger partial charge in [-0.05, 0) is 61.2 Å². The van der Waals surface area contributed by atoms with Crippen molar-refractivity contribution in [3.63, 3.8) is 0 Å². The Bertz CT molecular complexity index is 1020. The molecule has 1 unspecified atom stereocenters. The molecule has 1 atom stereocenters. The lowest BCUT2D eigenvalue weighted by Crippen LogP contribution is -2.28. The van der Waals surface area contributed by atoms with Gasteiger partial charge in [0.1, 0.15) is 5.75 Å². The lowest BCUT2D eigenvalue weighted by Gasteiger charge is -2.18. The third-order valence-electron chi connectivity index (χ3n) is 4.69. The summed E-state index contributed by atoms with van der Waals surface area (Å²) in [5, 5.41) is 9.17. The molecular formula is C22H21NO4S2. The van der Waals surface area contributed by atoms with Gasteiger partial charge in [0.2, 0.25) is 0 Å². The van der Waals surface area contributed by atoms with Crippen LogP contribution in [0.5, 0.6) is 5.75 Å². The van der Waals surface area contributed by atoms with Gasteiger partial charge in [-0.1, -0.05) is 55.2 Å². The number of hydrogen-bond donors (Lipinski definition) is 1. The molecule has 3 rings (SSSR count). The second kappa shape index (κ2) is 8.80. The fourth-order valence-electron chi connectivity index (χ4n) is 2.95. The third kappa shape index (κ3) is 4.52. The number of benzene rings is 2. The van der Waals surface area contributed by atoms with E-state index in [4.69, 9.17) is 17.0 Å². The highest BCUT2D eigenvalue weighted by Crippen LogP contribution is 2.38. The molecule has 2 aromatic carbocycles. The first-order chi connectivity index (χ1) is 13.8. The molecule has 7 heteroatoms. The van der Waals surface area contributed by atoms with E-state index in [-0.39, 0.29) is 5.91 Å². The van der Waals surface area contributed by atoms with Crippen LogP contribution in [0.1, 0.15) is 30.0 Å². The maximum Gasteiger partial charge on any atom is 0.344 e. The molecule has 0 spiro atoms. The van der Waals surface area contributed by atoms with Crippen molar-refractivity contribution in [2.75, 3.05) is 4.90 Å². The number of amides is 1. The smallest absolute Gasteiger partial charge is 0.344 e. The average molecular weight is 428 g/mol. The standard InChI is InChI=1S/C22H21NO4S2/c1-4-18(21(25)26)27-16-9-6-8-15(11-16)12-19-20(24)23(22(28)29-19)17-10-5-7-13(2)14(17)3/h5-12,18H,4H2,1-3H3,(H,25,26)/b19-12+. The topological polar surface area (TPSA) is 66.8 Å².